The highest BCUT2D eigenvalue weighted by Crippen LogP contribution is 2.26. The molecule has 0 fully saturated rings. The lowest BCUT2D eigenvalue weighted by atomic mass is 10.2. The molecule has 0 bridgehead atoms. The Bertz CT molecular complexity index is 730. The van der Waals surface area contributed by atoms with Crippen molar-refractivity contribution < 1.29 is 17.5 Å². The molecule has 2 rings (SSSR count). The van der Waals surface area contributed by atoms with E-state index in [2.05, 4.69) is 10.2 Å². The summed E-state index contributed by atoms with van der Waals surface area (Å²) in [6.07, 6.45) is 0. The number of hydrogen-bond donors (Lipinski definition) is 0. The SMILES string of the molecule is COc1cc(-c2nnc(S(=O)(=O)Cl)n2C)ccc1F. The third kappa shape index (κ3) is 2.54. The first-order valence-electron chi connectivity index (χ1n) is 5.02. The van der Waals surface area contributed by atoms with E-state index in [-0.39, 0.29) is 16.7 Å². The Hall–Kier alpha value is -1.67. The van der Waals surface area contributed by atoms with Gasteiger partial charge in [-0.05, 0) is 18.2 Å². The van der Waals surface area contributed by atoms with Gasteiger partial charge in [-0.3, -0.25) is 4.57 Å². The van der Waals surface area contributed by atoms with Gasteiger partial charge in [0, 0.05) is 23.3 Å². The Morgan fingerprint density at radius 1 is 1.37 bits per heavy atom. The number of ether oxygens (including phenoxy) is 1. The molecule has 102 valence electrons. The molecule has 0 aliphatic carbocycles. The fraction of sp³-hybridized carbons (Fsp3) is 0.200. The molecule has 9 heteroatoms. The van der Waals surface area contributed by atoms with Gasteiger partial charge in [0.1, 0.15) is 0 Å². The highest BCUT2D eigenvalue weighted by atomic mass is 35.7. The lowest BCUT2D eigenvalue weighted by Gasteiger charge is -2.05. The van der Waals surface area contributed by atoms with Crippen molar-refractivity contribution in [2.24, 2.45) is 7.05 Å². The fourth-order valence-electron chi connectivity index (χ4n) is 1.58. The number of aromatic nitrogens is 3. The zero-order chi connectivity index (χ0) is 14.2. The van der Waals surface area contributed by atoms with Crippen LogP contribution in [-0.4, -0.2) is 30.3 Å². The molecule has 0 spiro atoms. The van der Waals surface area contributed by atoms with Crippen molar-refractivity contribution in [2.75, 3.05) is 7.11 Å². The molecule has 0 N–H and O–H groups in total. The summed E-state index contributed by atoms with van der Waals surface area (Å²) in [5, 5.41) is 6.85. The van der Waals surface area contributed by atoms with Crippen molar-refractivity contribution in [1.82, 2.24) is 14.8 Å². The van der Waals surface area contributed by atoms with Crippen molar-refractivity contribution in [3.63, 3.8) is 0 Å². The predicted molar refractivity (Wildman–Crippen MR) is 66.0 cm³/mol. The van der Waals surface area contributed by atoms with Crippen LogP contribution in [-0.2, 0) is 16.1 Å². The highest BCUT2D eigenvalue weighted by molar-refractivity contribution is 8.13. The Morgan fingerprint density at radius 3 is 2.58 bits per heavy atom. The smallest absolute Gasteiger partial charge is 0.296 e. The molecule has 0 saturated heterocycles. The van der Waals surface area contributed by atoms with Gasteiger partial charge in [0.15, 0.2) is 17.4 Å². The molecule has 1 aromatic heterocycles. The van der Waals surface area contributed by atoms with Crippen LogP contribution in [0.2, 0.25) is 0 Å². The number of hydrogen-bond acceptors (Lipinski definition) is 5. The summed E-state index contributed by atoms with van der Waals surface area (Å²) in [6.45, 7) is 0. The number of methoxy groups -OCH3 is 1. The summed E-state index contributed by atoms with van der Waals surface area (Å²) in [4.78, 5) is 0. The molecule has 0 amide bonds. The molecule has 6 nitrogen and oxygen atoms in total. The predicted octanol–water partition coefficient (Wildman–Crippen LogP) is 1.56. The van der Waals surface area contributed by atoms with Crippen molar-refractivity contribution in [1.29, 1.82) is 0 Å². The van der Waals surface area contributed by atoms with E-state index in [4.69, 9.17) is 15.4 Å². The summed E-state index contributed by atoms with van der Waals surface area (Å²) in [7, 11) is 4.00. The van der Waals surface area contributed by atoms with Crippen molar-refractivity contribution >= 4 is 19.7 Å². The lowest BCUT2D eigenvalue weighted by molar-refractivity contribution is 0.386. The van der Waals surface area contributed by atoms with Gasteiger partial charge < -0.3 is 4.74 Å². The fourth-order valence-corrected chi connectivity index (χ4v) is 2.53. The third-order valence-corrected chi connectivity index (χ3v) is 3.67. The molecule has 19 heavy (non-hydrogen) atoms. The minimum absolute atomic E-state index is 0.0239. The average Bonchev–Trinajstić information content (AvgIpc) is 2.71. The van der Waals surface area contributed by atoms with Crippen LogP contribution in [0.15, 0.2) is 23.4 Å². The number of benzene rings is 1. The average molecular weight is 306 g/mol. The van der Waals surface area contributed by atoms with Gasteiger partial charge in [-0.25, -0.2) is 12.8 Å². The van der Waals surface area contributed by atoms with E-state index >= 15 is 0 Å². The van der Waals surface area contributed by atoms with Crippen molar-refractivity contribution in [3.8, 4) is 17.1 Å². The topological polar surface area (TPSA) is 74.1 Å². The first kappa shape index (κ1) is 13.8. The first-order valence-corrected chi connectivity index (χ1v) is 7.33. The van der Waals surface area contributed by atoms with E-state index < -0.39 is 14.9 Å². The highest BCUT2D eigenvalue weighted by Gasteiger charge is 2.21. The number of nitrogens with zero attached hydrogens (tertiary/aromatic N) is 3. The standard InChI is InChI=1S/C10H9ClFN3O3S/c1-15-9(13-14-10(15)19(11,16)17)6-3-4-7(12)8(5-6)18-2/h3-5H,1-2H3. The van der Waals surface area contributed by atoms with Crippen LogP contribution in [0.1, 0.15) is 0 Å². The molecule has 0 atom stereocenters. The van der Waals surface area contributed by atoms with E-state index in [0.29, 0.717) is 5.56 Å². The Balaban J connectivity index is 2.58. The second-order valence-electron chi connectivity index (χ2n) is 3.65. The molecule has 1 aromatic carbocycles. The summed E-state index contributed by atoms with van der Waals surface area (Å²) >= 11 is 0. The number of rotatable bonds is 3. The largest absolute Gasteiger partial charge is 0.494 e. The van der Waals surface area contributed by atoms with Crippen LogP contribution in [0.5, 0.6) is 5.75 Å². The molecule has 0 aliphatic rings. The minimum atomic E-state index is -3.99. The van der Waals surface area contributed by atoms with Crippen LogP contribution >= 0.6 is 10.7 Å². The zero-order valence-electron chi connectivity index (χ0n) is 9.96. The normalized spacial score (nSPS) is 11.6. The van der Waals surface area contributed by atoms with Crippen LogP contribution in [0.4, 0.5) is 4.39 Å². The molecule has 0 radical (unpaired) electrons. The summed E-state index contributed by atoms with van der Waals surface area (Å²) in [5.41, 5.74) is 0.458. The maximum Gasteiger partial charge on any atom is 0.296 e. The van der Waals surface area contributed by atoms with Crippen LogP contribution in [0, 0.1) is 5.82 Å². The number of halogens is 2. The van der Waals surface area contributed by atoms with Gasteiger partial charge in [0.05, 0.1) is 7.11 Å². The van der Waals surface area contributed by atoms with Gasteiger partial charge >= 0.3 is 0 Å². The van der Waals surface area contributed by atoms with E-state index in [9.17, 15) is 12.8 Å². The first-order chi connectivity index (χ1) is 8.84. The van der Waals surface area contributed by atoms with Gasteiger partial charge in [-0.1, -0.05) is 0 Å². The maximum absolute atomic E-state index is 13.3. The van der Waals surface area contributed by atoms with E-state index in [1.807, 2.05) is 0 Å². The van der Waals surface area contributed by atoms with Gasteiger partial charge in [0.25, 0.3) is 14.2 Å². The second-order valence-corrected chi connectivity index (χ2v) is 6.11. The third-order valence-electron chi connectivity index (χ3n) is 2.46. The molecule has 1 heterocycles. The van der Waals surface area contributed by atoms with Gasteiger partial charge in [0.2, 0.25) is 0 Å². The minimum Gasteiger partial charge on any atom is -0.494 e. The van der Waals surface area contributed by atoms with Crippen LogP contribution in [0.25, 0.3) is 11.4 Å². The van der Waals surface area contributed by atoms with Gasteiger partial charge in [-0.2, -0.15) is 0 Å². The maximum atomic E-state index is 13.3. The van der Waals surface area contributed by atoms with E-state index in [1.54, 1.807) is 0 Å². The summed E-state index contributed by atoms with van der Waals surface area (Å²) < 4.78 is 41.8. The lowest BCUT2D eigenvalue weighted by Crippen LogP contribution is -2.03. The Labute approximate surface area is 113 Å². The van der Waals surface area contributed by atoms with Crippen molar-refractivity contribution in [3.05, 3.63) is 24.0 Å². The molecule has 0 aliphatic heterocycles. The molecule has 2 aromatic rings. The monoisotopic (exact) mass is 305 g/mol. The Kier molecular flexibility index (Phi) is 3.46. The van der Waals surface area contributed by atoms with Crippen LogP contribution in [0.3, 0.4) is 0 Å². The second kappa shape index (κ2) is 4.78. The molecule has 0 saturated carbocycles. The van der Waals surface area contributed by atoms with Gasteiger partial charge in [-0.15, -0.1) is 10.2 Å². The van der Waals surface area contributed by atoms with Crippen molar-refractivity contribution in [2.45, 2.75) is 5.16 Å². The summed E-state index contributed by atoms with van der Waals surface area (Å²) in [5.74, 6) is -0.271. The molecular weight excluding hydrogens is 297 g/mol. The summed E-state index contributed by atoms with van der Waals surface area (Å²) in [6, 6.07) is 4.02. The Morgan fingerprint density at radius 2 is 2.05 bits per heavy atom. The molecular formula is C10H9ClFN3O3S. The quantitative estimate of drug-likeness (QED) is 0.805. The van der Waals surface area contributed by atoms with Crippen LogP contribution < -0.4 is 4.74 Å². The van der Waals surface area contributed by atoms with E-state index in [0.717, 1.165) is 0 Å². The molecule has 0 unspecified atom stereocenters. The van der Waals surface area contributed by atoms with E-state index in [1.165, 1.54) is 36.9 Å². The zero-order valence-corrected chi connectivity index (χ0v) is 11.5.